The van der Waals surface area contributed by atoms with E-state index in [1.165, 1.54) is 6.20 Å². The number of nitrogen functional groups attached to an aromatic ring is 1. The Balaban J connectivity index is 1.96. The van der Waals surface area contributed by atoms with Gasteiger partial charge in [-0.2, -0.15) is 4.98 Å². The van der Waals surface area contributed by atoms with E-state index in [0.29, 0.717) is 23.3 Å². The lowest BCUT2D eigenvalue weighted by molar-refractivity contribution is 0.00495. The van der Waals surface area contributed by atoms with Gasteiger partial charge in [-0.3, -0.25) is 0 Å². The Hall–Kier alpha value is -1.07. The van der Waals surface area contributed by atoms with Gasteiger partial charge in [0, 0.05) is 6.54 Å². The first-order valence-corrected chi connectivity index (χ1v) is 6.60. The van der Waals surface area contributed by atoms with Gasteiger partial charge in [-0.05, 0) is 31.6 Å². The van der Waals surface area contributed by atoms with Gasteiger partial charge in [0.2, 0.25) is 5.95 Å². The minimum atomic E-state index is -0.671. The highest BCUT2D eigenvalue weighted by atomic mass is 35.5. The Morgan fingerprint density at radius 3 is 2.89 bits per heavy atom. The molecule has 0 bridgehead atoms. The number of aromatic nitrogens is 2. The molecule has 1 fully saturated rings. The molecular weight excluding hydrogens is 252 g/mol. The van der Waals surface area contributed by atoms with Gasteiger partial charge in [0.25, 0.3) is 0 Å². The molecule has 1 heterocycles. The number of halogens is 1. The molecule has 0 atom stereocenters. The third-order valence-electron chi connectivity index (χ3n) is 3.55. The zero-order valence-electron chi connectivity index (χ0n) is 10.5. The molecule has 0 aromatic carbocycles. The molecule has 1 saturated carbocycles. The molecule has 18 heavy (non-hydrogen) atoms. The number of anilines is 2. The van der Waals surface area contributed by atoms with Crippen LogP contribution in [0, 0.1) is 5.92 Å². The van der Waals surface area contributed by atoms with Crippen molar-refractivity contribution in [2.45, 2.75) is 38.2 Å². The van der Waals surface area contributed by atoms with E-state index < -0.39 is 5.60 Å². The minimum absolute atomic E-state index is 0.172. The number of nitrogens with zero attached hydrogens (tertiary/aromatic N) is 2. The highest BCUT2D eigenvalue weighted by Gasteiger charge is 2.31. The molecule has 100 valence electrons. The van der Waals surface area contributed by atoms with Gasteiger partial charge in [-0.1, -0.05) is 18.5 Å². The molecule has 1 aromatic rings. The maximum absolute atomic E-state index is 10.4. The molecule has 0 saturated heterocycles. The Labute approximate surface area is 112 Å². The van der Waals surface area contributed by atoms with Gasteiger partial charge in [0.05, 0.1) is 11.8 Å². The van der Waals surface area contributed by atoms with Crippen LogP contribution in [0.4, 0.5) is 11.8 Å². The largest absolute Gasteiger partial charge is 0.388 e. The summed E-state index contributed by atoms with van der Waals surface area (Å²) in [4.78, 5) is 7.81. The van der Waals surface area contributed by atoms with Gasteiger partial charge >= 0.3 is 0 Å². The summed E-state index contributed by atoms with van der Waals surface area (Å²) in [5, 5.41) is 13.9. The van der Waals surface area contributed by atoms with Crippen molar-refractivity contribution in [1.82, 2.24) is 9.97 Å². The second-order valence-corrected chi connectivity index (χ2v) is 5.59. The molecule has 4 N–H and O–H groups in total. The van der Waals surface area contributed by atoms with E-state index >= 15 is 0 Å². The molecule has 5 nitrogen and oxygen atoms in total. The summed E-state index contributed by atoms with van der Waals surface area (Å²) < 4.78 is 0. The number of hydrogen-bond acceptors (Lipinski definition) is 5. The normalized spacial score (nSPS) is 28.1. The van der Waals surface area contributed by atoms with E-state index in [1.54, 1.807) is 0 Å². The molecule has 0 unspecified atom stereocenters. The Kier molecular flexibility index (Phi) is 3.92. The number of nitrogens with two attached hydrogens (primary N) is 1. The highest BCUT2D eigenvalue weighted by Crippen LogP contribution is 2.32. The lowest BCUT2D eigenvalue weighted by Crippen LogP contribution is -2.40. The Morgan fingerprint density at radius 1 is 1.56 bits per heavy atom. The standard InChI is InChI=1S/C12H19ClN4O/c1-8-2-4-12(18,5-3-8)7-16-10-9(13)6-15-11(14)17-10/h6,8,18H,2-5,7H2,1H3,(H3,14,15,16,17). The fraction of sp³-hybridized carbons (Fsp3) is 0.667. The third kappa shape index (κ3) is 3.23. The molecule has 0 amide bonds. The quantitative estimate of drug-likeness (QED) is 0.783. The summed E-state index contributed by atoms with van der Waals surface area (Å²) >= 11 is 5.96. The Bertz CT molecular complexity index is 419. The number of rotatable bonds is 3. The average molecular weight is 271 g/mol. The molecule has 0 radical (unpaired) electrons. The fourth-order valence-corrected chi connectivity index (χ4v) is 2.39. The van der Waals surface area contributed by atoms with Crippen LogP contribution < -0.4 is 11.1 Å². The molecule has 1 aliphatic rings. The van der Waals surface area contributed by atoms with Crippen molar-refractivity contribution in [2.75, 3.05) is 17.6 Å². The van der Waals surface area contributed by atoms with Crippen molar-refractivity contribution in [1.29, 1.82) is 0 Å². The van der Waals surface area contributed by atoms with Gasteiger partial charge in [0.1, 0.15) is 5.02 Å². The molecule has 1 aliphatic carbocycles. The molecule has 0 spiro atoms. The summed E-state index contributed by atoms with van der Waals surface area (Å²) in [5.74, 6) is 1.35. The van der Waals surface area contributed by atoms with Gasteiger partial charge in [0.15, 0.2) is 5.82 Å². The first-order valence-electron chi connectivity index (χ1n) is 6.23. The number of aliphatic hydroxyl groups is 1. The van der Waals surface area contributed by atoms with E-state index in [-0.39, 0.29) is 5.95 Å². The van der Waals surface area contributed by atoms with Crippen LogP contribution in [0.15, 0.2) is 6.20 Å². The summed E-state index contributed by atoms with van der Waals surface area (Å²) in [6.07, 6.45) is 5.17. The van der Waals surface area contributed by atoms with Crippen LogP contribution in [0.3, 0.4) is 0 Å². The predicted octanol–water partition coefficient (Wildman–Crippen LogP) is 2.07. The number of nitrogens with one attached hydrogen (secondary N) is 1. The van der Waals surface area contributed by atoms with E-state index in [0.717, 1.165) is 25.7 Å². The van der Waals surface area contributed by atoms with Crippen LogP contribution in [-0.2, 0) is 0 Å². The fourth-order valence-electron chi connectivity index (χ4n) is 2.23. The zero-order chi connectivity index (χ0) is 13.2. The summed E-state index contributed by atoms with van der Waals surface area (Å²) in [5.41, 5.74) is 4.83. The Morgan fingerprint density at radius 2 is 2.22 bits per heavy atom. The van der Waals surface area contributed by atoms with Crippen molar-refractivity contribution in [3.63, 3.8) is 0 Å². The lowest BCUT2D eigenvalue weighted by Gasteiger charge is -2.35. The van der Waals surface area contributed by atoms with Crippen molar-refractivity contribution in [2.24, 2.45) is 5.92 Å². The lowest BCUT2D eigenvalue weighted by atomic mass is 9.79. The van der Waals surface area contributed by atoms with Gasteiger partial charge in [-0.15, -0.1) is 0 Å². The van der Waals surface area contributed by atoms with Crippen molar-refractivity contribution in [3.8, 4) is 0 Å². The van der Waals surface area contributed by atoms with Crippen LogP contribution >= 0.6 is 11.6 Å². The molecule has 6 heteroatoms. The zero-order valence-corrected chi connectivity index (χ0v) is 11.2. The topological polar surface area (TPSA) is 84.1 Å². The van der Waals surface area contributed by atoms with Crippen molar-refractivity contribution < 1.29 is 5.11 Å². The second kappa shape index (κ2) is 5.28. The first-order chi connectivity index (χ1) is 8.48. The van der Waals surface area contributed by atoms with Crippen LogP contribution in [-0.4, -0.2) is 27.2 Å². The van der Waals surface area contributed by atoms with Crippen LogP contribution in [0.25, 0.3) is 0 Å². The monoisotopic (exact) mass is 270 g/mol. The maximum Gasteiger partial charge on any atom is 0.222 e. The van der Waals surface area contributed by atoms with Crippen molar-refractivity contribution in [3.05, 3.63) is 11.2 Å². The second-order valence-electron chi connectivity index (χ2n) is 5.19. The first kappa shape index (κ1) is 13.4. The van der Waals surface area contributed by atoms with Crippen LogP contribution in [0.2, 0.25) is 5.02 Å². The van der Waals surface area contributed by atoms with E-state index in [4.69, 9.17) is 17.3 Å². The maximum atomic E-state index is 10.4. The predicted molar refractivity (Wildman–Crippen MR) is 72.5 cm³/mol. The minimum Gasteiger partial charge on any atom is -0.388 e. The molecular formula is C12H19ClN4O. The van der Waals surface area contributed by atoms with Crippen molar-refractivity contribution >= 4 is 23.4 Å². The van der Waals surface area contributed by atoms with Crippen LogP contribution in [0.1, 0.15) is 32.6 Å². The average Bonchev–Trinajstić information content (AvgIpc) is 2.35. The molecule has 0 aliphatic heterocycles. The highest BCUT2D eigenvalue weighted by molar-refractivity contribution is 6.32. The van der Waals surface area contributed by atoms with Crippen LogP contribution in [0.5, 0.6) is 0 Å². The molecule has 1 aromatic heterocycles. The summed E-state index contributed by atoms with van der Waals surface area (Å²) in [6, 6.07) is 0. The SMILES string of the molecule is CC1CCC(O)(CNc2nc(N)ncc2Cl)CC1. The summed E-state index contributed by atoms with van der Waals surface area (Å²) in [6.45, 7) is 2.66. The van der Waals surface area contributed by atoms with E-state index in [9.17, 15) is 5.11 Å². The van der Waals surface area contributed by atoms with E-state index in [2.05, 4.69) is 22.2 Å². The van der Waals surface area contributed by atoms with Gasteiger partial charge < -0.3 is 16.2 Å². The number of hydrogen-bond donors (Lipinski definition) is 3. The van der Waals surface area contributed by atoms with E-state index in [1.807, 2.05) is 0 Å². The van der Waals surface area contributed by atoms with Gasteiger partial charge in [-0.25, -0.2) is 4.98 Å². The molecule has 2 rings (SSSR count). The summed E-state index contributed by atoms with van der Waals surface area (Å²) in [7, 11) is 0. The smallest absolute Gasteiger partial charge is 0.222 e. The third-order valence-corrected chi connectivity index (χ3v) is 3.83.